The summed E-state index contributed by atoms with van der Waals surface area (Å²) in [7, 11) is 0. The van der Waals surface area contributed by atoms with Crippen LogP contribution in [0.25, 0.3) is 0 Å². The van der Waals surface area contributed by atoms with Crippen LogP contribution in [0.3, 0.4) is 0 Å². The van der Waals surface area contributed by atoms with Gasteiger partial charge in [-0.05, 0) is 60.3 Å². The Balaban J connectivity index is 3.50. The zero-order chi connectivity index (χ0) is 24.1. The van der Waals surface area contributed by atoms with Gasteiger partial charge in [0.1, 0.15) is 17.2 Å². The second kappa shape index (κ2) is 10.7. The van der Waals surface area contributed by atoms with Crippen LogP contribution in [0.5, 0.6) is 0 Å². The molecule has 1 aliphatic rings. The molecule has 7 nitrogen and oxygen atoms in total. The van der Waals surface area contributed by atoms with Crippen molar-refractivity contribution in [3.63, 3.8) is 0 Å². The summed E-state index contributed by atoms with van der Waals surface area (Å²) in [6.45, 7) is 16.2. The molecule has 0 aromatic heterocycles. The van der Waals surface area contributed by atoms with Crippen molar-refractivity contribution in [2.24, 2.45) is 11.8 Å². The molecule has 0 radical (unpaired) electrons. The zero-order valence-electron chi connectivity index (χ0n) is 20.3. The van der Waals surface area contributed by atoms with Gasteiger partial charge in [-0.2, -0.15) is 0 Å². The summed E-state index contributed by atoms with van der Waals surface area (Å²) in [5, 5.41) is 2.98. The monoisotopic (exact) mass is 458 g/mol. The van der Waals surface area contributed by atoms with Crippen molar-refractivity contribution in [1.82, 2.24) is 10.2 Å². The van der Waals surface area contributed by atoms with E-state index in [1.807, 2.05) is 13.8 Å². The number of esters is 1. The van der Waals surface area contributed by atoms with Crippen LogP contribution < -0.4 is 5.32 Å². The van der Waals surface area contributed by atoms with Crippen LogP contribution in [0.2, 0.25) is 0 Å². The predicted octanol–water partition coefficient (Wildman–Crippen LogP) is 4.63. The first-order chi connectivity index (χ1) is 14.1. The van der Waals surface area contributed by atoms with Crippen LogP contribution in [0.15, 0.2) is 11.6 Å². The highest BCUT2D eigenvalue weighted by atomic mass is 35.5. The van der Waals surface area contributed by atoms with Gasteiger partial charge < -0.3 is 14.8 Å². The Morgan fingerprint density at radius 2 is 1.65 bits per heavy atom. The number of carbonyl (C=O) groups is 3. The lowest BCUT2D eigenvalue weighted by Crippen LogP contribution is -2.57. The van der Waals surface area contributed by atoms with Crippen LogP contribution in [0, 0.1) is 11.8 Å². The van der Waals surface area contributed by atoms with Crippen LogP contribution in [-0.2, 0) is 19.1 Å². The average Bonchev–Trinajstić information content (AvgIpc) is 2.90. The van der Waals surface area contributed by atoms with E-state index in [1.54, 1.807) is 47.6 Å². The highest BCUT2D eigenvalue weighted by Gasteiger charge is 2.51. The number of nitrogens with zero attached hydrogens (tertiary/aromatic N) is 1. The summed E-state index contributed by atoms with van der Waals surface area (Å²) in [5.74, 6) is -0.708. The number of hydrogen-bond acceptors (Lipinski definition) is 5. The molecule has 1 N–H and O–H groups in total. The Morgan fingerprint density at radius 3 is 2.06 bits per heavy atom. The highest BCUT2D eigenvalue weighted by molar-refractivity contribution is 6.25. The van der Waals surface area contributed by atoms with E-state index in [1.165, 1.54) is 17.4 Å². The van der Waals surface area contributed by atoms with Crippen molar-refractivity contribution >= 4 is 29.6 Å². The number of rotatable bonds is 6. The number of carbonyl (C=O) groups excluding carboxylic acids is 3. The standard InChI is InChI=1S/C23H39ClN2O5/c1-14(2)12-17(25-15(3)27)19-16(10-11-24)13-18(20(28)30-22(4,5)6)26(19)21(29)31-23(7,8)9/h10-11,14,16-19H,12-13H2,1-9H3,(H,25,27)/b11-10+/t16-,17+,18-,19-/m1/s1. The summed E-state index contributed by atoms with van der Waals surface area (Å²) in [6, 6.07) is -1.73. The van der Waals surface area contributed by atoms with Gasteiger partial charge in [0.25, 0.3) is 0 Å². The van der Waals surface area contributed by atoms with E-state index in [9.17, 15) is 14.4 Å². The molecule has 0 aliphatic carbocycles. The maximum absolute atomic E-state index is 13.3. The smallest absolute Gasteiger partial charge is 0.411 e. The van der Waals surface area contributed by atoms with Gasteiger partial charge in [-0.3, -0.25) is 9.69 Å². The van der Waals surface area contributed by atoms with E-state index in [0.717, 1.165) is 0 Å². The second-order valence-electron chi connectivity index (χ2n) is 10.6. The fourth-order valence-corrected chi connectivity index (χ4v) is 4.09. The van der Waals surface area contributed by atoms with Gasteiger partial charge in [0.05, 0.1) is 12.1 Å². The number of ether oxygens (including phenoxy) is 2. The predicted molar refractivity (Wildman–Crippen MR) is 122 cm³/mol. The molecule has 0 bridgehead atoms. The van der Waals surface area contributed by atoms with Gasteiger partial charge in [0, 0.05) is 18.4 Å². The lowest BCUT2D eigenvalue weighted by atomic mass is 9.88. The molecule has 31 heavy (non-hydrogen) atoms. The van der Waals surface area contributed by atoms with Gasteiger partial charge >= 0.3 is 12.1 Å². The van der Waals surface area contributed by atoms with Crippen LogP contribution >= 0.6 is 11.6 Å². The lowest BCUT2D eigenvalue weighted by molar-refractivity contribution is -0.160. The normalized spacial score (nSPS) is 23.2. The lowest BCUT2D eigenvalue weighted by Gasteiger charge is -2.38. The summed E-state index contributed by atoms with van der Waals surface area (Å²) < 4.78 is 11.3. The Bertz CT molecular complexity index is 678. The van der Waals surface area contributed by atoms with Gasteiger partial charge in [-0.1, -0.05) is 31.5 Å². The molecule has 1 aliphatic heterocycles. The molecule has 2 amide bonds. The molecule has 0 aromatic carbocycles. The molecule has 4 atom stereocenters. The van der Waals surface area contributed by atoms with Crippen molar-refractivity contribution in [3.8, 4) is 0 Å². The maximum atomic E-state index is 13.3. The van der Waals surface area contributed by atoms with E-state index in [2.05, 4.69) is 5.32 Å². The summed E-state index contributed by atoms with van der Waals surface area (Å²) >= 11 is 5.91. The third-order valence-corrected chi connectivity index (χ3v) is 4.87. The third kappa shape index (κ3) is 8.71. The largest absolute Gasteiger partial charge is 0.458 e. The van der Waals surface area contributed by atoms with E-state index >= 15 is 0 Å². The zero-order valence-corrected chi connectivity index (χ0v) is 21.1. The van der Waals surface area contributed by atoms with E-state index in [-0.39, 0.29) is 23.8 Å². The van der Waals surface area contributed by atoms with E-state index in [4.69, 9.17) is 21.1 Å². The topological polar surface area (TPSA) is 84.9 Å². The molecule has 0 spiro atoms. The van der Waals surface area contributed by atoms with Crippen LogP contribution in [0.4, 0.5) is 4.79 Å². The van der Waals surface area contributed by atoms with Crippen LogP contribution in [0.1, 0.15) is 75.2 Å². The van der Waals surface area contributed by atoms with Gasteiger partial charge in [-0.25, -0.2) is 9.59 Å². The van der Waals surface area contributed by atoms with Gasteiger partial charge in [-0.15, -0.1) is 0 Å². The van der Waals surface area contributed by atoms with Crippen molar-refractivity contribution in [1.29, 1.82) is 0 Å². The Hall–Kier alpha value is -1.76. The minimum atomic E-state index is -0.847. The molecule has 0 unspecified atom stereocenters. The molecular weight excluding hydrogens is 420 g/mol. The minimum absolute atomic E-state index is 0.205. The van der Waals surface area contributed by atoms with E-state index < -0.39 is 35.3 Å². The van der Waals surface area contributed by atoms with Crippen LogP contribution in [-0.4, -0.2) is 52.2 Å². The number of amides is 2. The first kappa shape index (κ1) is 27.3. The molecule has 178 valence electrons. The molecule has 1 heterocycles. The van der Waals surface area contributed by atoms with Crippen molar-refractivity contribution in [3.05, 3.63) is 11.6 Å². The molecular formula is C23H39ClN2O5. The number of halogens is 1. The van der Waals surface area contributed by atoms with E-state index in [0.29, 0.717) is 12.8 Å². The fraction of sp³-hybridized carbons (Fsp3) is 0.783. The number of hydrogen-bond donors (Lipinski definition) is 1. The molecule has 8 heteroatoms. The molecule has 1 saturated heterocycles. The Labute approximate surface area is 191 Å². The fourth-order valence-electron chi connectivity index (χ4n) is 3.90. The third-order valence-electron chi connectivity index (χ3n) is 4.72. The summed E-state index contributed by atoms with van der Waals surface area (Å²) in [5.41, 5.74) is -0.0632. The SMILES string of the molecule is CC(=O)N[C@@H](CC(C)C)[C@H]1[C@H](/C=C/Cl)C[C@H](C(=O)OC(C)(C)C)N1C(=O)OC(C)(C)C. The summed E-state index contributed by atoms with van der Waals surface area (Å²) in [6.07, 6.45) is 2.11. The maximum Gasteiger partial charge on any atom is 0.411 e. The molecule has 1 fully saturated rings. The van der Waals surface area contributed by atoms with Crippen molar-refractivity contribution in [2.75, 3.05) is 0 Å². The average molecular weight is 459 g/mol. The molecule has 1 rings (SSSR count). The number of likely N-dealkylation sites (tertiary alicyclic amines) is 1. The quantitative estimate of drug-likeness (QED) is 0.586. The Morgan fingerprint density at radius 1 is 1.10 bits per heavy atom. The second-order valence-corrected chi connectivity index (χ2v) is 10.8. The number of nitrogens with one attached hydrogen (secondary N) is 1. The van der Waals surface area contributed by atoms with Crippen molar-refractivity contribution < 1.29 is 23.9 Å². The Kier molecular flexibility index (Phi) is 9.42. The highest BCUT2D eigenvalue weighted by Crippen LogP contribution is 2.37. The summed E-state index contributed by atoms with van der Waals surface area (Å²) in [4.78, 5) is 39.8. The van der Waals surface area contributed by atoms with Gasteiger partial charge in [0.2, 0.25) is 5.91 Å². The molecule has 0 aromatic rings. The molecule has 0 saturated carbocycles. The van der Waals surface area contributed by atoms with Gasteiger partial charge in [0.15, 0.2) is 0 Å². The first-order valence-corrected chi connectivity index (χ1v) is 11.3. The minimum Gasteiger partial charge on any atom is -0.458 e. The first-order valence-electron chi connectivity index (χ1n) is 10.8. The van der Waals surface area contributed by atoms with Crippen molar-refractivity contribution in [2.45, 2.75) is 104 Å².